The fraction of sp³-hybridized carbons (Fsp3) is 0.600. The quantitative estimate of drug-likeness (QED) is 0.153. The minimum Gasteiger partial charge on any atom is -0.493 e. The first-order chi connectivity index (χ1) is 17.5. The Kier molecular flexibility index (Phi) is 13.8. The second kappa shape index (κ2) is 16.8. The van der Waals surface area contributed by atoms with Gasteiger partial charge in [-0.25, -0.2) is 9.59 Å². The van der Waals surface area contributed by atoms with E-state index in [0.717, 1.165) is 36.5 Å². The lowest BCUT2D eigenvalue weighted by Gasteiger charge is -2.15. The van der Waals surface area contributed by atoms with E-state index >= 15 is 0 Å². The maximum Gasteiger partial charge on any atom is 0.341 e. The number of rotatable bonds is 18. The van der Waals surface area contributed by atoms with Gasteiger partial charge in [0.05, 0.1) is 27.4 Å². The van der Waals surface area contributed by atoms with Gasteiger partial charge in [0.25, 0.3) is 0 Å². The number of esters is 2. The van der Waals surface area contributed by atoms with Gasteiger partial charge in [0.15, 0.2) is 0 Å². The summed E-state index contributed by atoms with van der Waals surface area (Å²) in [7, 11) is 2.70. The average molecular weight is 501 g/mol. The van der Waals surface area contributed by atoms with Crippen molar-refractivity contribution in [2.75, 3.05) is 27.4 Å². The fourth-order valence-corrected chi connectivity index (χ4v) is 4.21. The van der Waals surface area contributed by atoms with Crippen molar-refractivity contribution in [2.45, 2.75) is 90.9 Å². The number of fused-ring (bicyclic) bond motifs is 1. The van der Waals surface area contributed by atoms with E-state index in [1.807, 2.05) is 12.1 Å². The van der Waals surface area contributed by atoms with Crippen LogP contribution >= 0.6 is 0 Å². The molecule has 6 heteroatoms. The molecule has 36 heavy (non-hydrogen) atoms. The molecule has 0 saturated carbocycles. The van der Waals surface area contributed by atoms with E-state index in [1.54, 1.807) is 12.1 Å². The largest absolute Gasteiger partial charge is 0.493 e. The average Bonchev–Trinajstić information content (AvgIpc) is 2.90. The molecule has 6 nitrogen and oxygen atoms in total. The van der Waals surface area contributed by atoms with Gasteiger partial charge in [0.2, 0.25) is 0 Å². The molecule has 2 aromatic rings. The van der Waals surface area contributed by atoms with Crippen molar-refractivity contribution in [1.29, 1.82) is 0 Å². The van der Waals surface area contributed by atoms with E-state index in [-0.39, 0.29) is 0 Å². The summed E-state index contributed by atoms with van der Waals surface area (Å²) < 4.78 is 22.0. The summed E-state index contributed by atoms with van der Waals surface area (Å²) in [5, 5.41) is 1.54. The van der Waals surface area contributed by atoms with Crippen molar-refractivity contribution < 1.29 is 28.5 Å². The molecular weight excluding hydrogens is 456 g/mol. The van der Waals surface area contributed by atoms with Gasteiger partial charge in [-0.1, -0.05) is 78.1 Å². The van der Waals surface area contributed by atoms with Gasteiger partial charge in [-0.15, -0.1) is 0 Å². The molecule has 0 saturated heterocycles. The Bertz CT molecular complexity index is 879. The number of carbonyl (C=O) groups is 2. The van der Waals surface area contributed by atoms with Crippen molar-refractivity contribution in [3.05, 3.63) is 35.4 Å². The van der Waals surface area contributed by atoms with Gasteiger partial charge in [-0.3, -0.25) is 0 Å². The predicted octanol–water partition coefficient (Wildman–Crippen LogP) is 7.89. The number of unbranched alkanes of at least 4 members (excludes halogenated alkanes) is 10. The van der Waals surface area contributed by atoms with Crippen LogP contribution in [0.3, 0.4) is 0 Å². The first kappa shape index (κ1) is 29.5. The number of ether oxygens (including phenoxy) is 4. The van der Waals surface area contributed by atoms with Crippen LogP contribution in [0.5, 0.6) is 11.5 Å². The van der Waals surface area contributed by atoms with Gasteiger partial charge in [0, 0.05) is 0 Å². The van der Waals surface area contributed by atoms with Gasteiger partial charge in [-0.05, 0) is 47.9 Å². The lowest BCUT2D eigenvalue weighted by atomic mass is 10.0. The molecule has 0 aliphatic rings. The number of benzene rings is 2. The highest BCUT2D eigenvalue weighted by Gasteiger charge is 2.19. The standard InChI is InChI=1S/C30H44O6/c1-5-7-9-11-13-15-17-35-27-21-24-22-28(36-18-16-14-12-10-8-6-2)26(30(32)34-4)20-23(24)19-25(27)29(31)33-3/h19-22H,5-18H2,1-4H3. The molecule has 0 aliphatic heterocycles. The molecule has 0 spiro atoms. The Morgan fingerprint density at radius 3 is 1.31 bits per heavy atom. The highest BCUT2D eigenvalue weighted by atomic mass is 16.5. The van der Waals surface area contributed by atoms with E-state index in [4.69, 9.17) is 18.9 Å². The molecule has 2 rings (SSSR count). The first-order valence-corrected chi connectivity index (χ1v) is 13.6. The third-order valence-corrected chi connectivity index (χ3v) is 6.36. The van der Waals surface area contributed by atoms with E-state index in [0.29, 0.717) is 35.8 Å². The maximum absolute atomic E-state index is 12.5. The molecule has 0 atom stereocenters. The summed E-state index contributed by atoms with van der Waals surface area (Å²) in [5.41, 5.74) is 0.681. The topological polar surface area (TPSA) is 71.1 Å². The molecule has 0 heterocycles. The van der Waals surface area contributed by atoms with Crippen LogP contribution in [0.25, 0.3) is 10.8 Å². The third-order valence-electron chi connectivity index (χ3n) is 6.36. The second-order valence-electron chi connectivity index (χ2n) is 9.26. The number of hydrogen-bond donors (Lipinski definition) is 0. The number of hydrogen-bond acceptors (Lipinski definition) is 6. The molecule has 200 valence electrons. The molecular formula is C30H44O6. The van der Waals surface area contributed by atoms with Gasteiger partial charge in [0.1, 0.15) is 22.6 Å². The zero-order chi connectivity index (χ0) is 26.2. The third kappa shape index (κ3) is 9.36. The number of carbonyl (C=O) groups excluding carboxylic acids is 2. The summed E-state index contributed by atoms with van der Waals surface area (Å²) in [6, 6.07) is 7.08. The summed E-state index contributed by atoms with van der Waals surface area (Å²) >= 11 is 0. The molecule has 0 radical (unpaired) electrons. The molecule has 0 bridgehead atoms. The Balaban J connectivity index is 2.20. The lowest BCUT2D eigenvalue weighted by molar-refractivity contribution is 0.0587. The Morgan fingerprint density at radius 2 is 0.917 bits per heavy atom. The predicted molar refractivity (Wildman–Crippen MR) is 144 cm³/mol. The van der Waals surface area contributed by atoms with Crippen LogP contribution in [0.15, 0.2) is 24.3 Å². The van der Waals surface area contributed by atoms with Crippen molar-refractivity contribution >= 4 is 22.7 Å². The zero-order valence-electron chi connectivity index (χ0n) is 22.7. The molecule has 0 fully saturated rings. The van der Waals surface area contributed by atoms with Crippen LogP contribution in [-0.4, -0.2) is 39.4 Å². The van der Waals surface area contributed by atoms with E-state index in [1.165, 1.54) is 65.6 Å². The highest BCUT2D eigenvalue weighted by molar-refractivity contribution is 6.03. The van der Waals surface area contributed by atoms with Gasteiger partial charge in [-0.2, -0.15) is 0 Å². The van der Waals surface area contributed by atoms with Gasteiger partial charge < -0.3 is 18.9 Å². The molecule has 2 aromatic carbocycles. The normalized spacial score (nSPS) is 10.9. The zero-order valence-corrected chi connectivity index (χ0v) is 22.7. The van der Waals surface area contributed by atoms with Crippen molar-refractivity contribution in [3.8, 4) is 11.5 Å². The SMILES string of the molecule is CCCCCCCCOc1cc2cc(OCCCCCCCC)c(C(=O)OC)cc2cc1C(=O)OC. The van der Waals surface area contributed by atoms with Gasteiger partial charge >= 0.3 is 11.9 Å². The van der Waals surface area contributed by atoms with Crippen LogP contribution in [0, 0.1) is 0 Å². The molecule has 0 N–H and O–H groups in total. The van der Waals surface area contributed by atoms with Crippen molar-refractivity contribution in [1.82, 2.24) is 0 Å². The Morgan fingerprint density at radius 1 is 0.556 bits per heavy atom. The Labute approximate surface area is 216 Å². The minimum absolute atomic E-state index is 0.340. The monoisotopic (exact) mass is 500 g/mol. The maximum atomic E-state index is 12.5. The summed E-state index contributed by atoms with van der Waals surface area (Å²) in [6.45, 7) is 5.47. The first-order valence-electron chi connectivity index (χ1n) is 13.6. The minimum atomic E-state index is -0.474. The smallest absolute Gasteiger partial charge is 0.341 e. The van der Waals surface area contributed by atoms with Crippen LogP contribution < -0.4 is 9.47 Å². The van der Waals surface area contributed by atoms with Crippen molar-refractivity contribution in [3.63, 3.8) is 0 Å². The highest BCUT2D eigenvalue weighted by Crippen LogP contribution is 2.33. The lowest BCUT2D eigenvalue weighted by Crippen LogP contribution is -2.09. The van der Waals surface area contributed by atoms with E-state index in [2.05, 4.69) is 13.8 Å². The van der Waals surface area contributed by atoms with E-state index < -0.39 is 11.9 Å². The molecule has 0 aliphatic carbocycles. The number of methoxy groups -OCH3 is 2. The second-order valence-corrected chi connectivity index (χ2v) is 9.26. The van der Waals surface area contributed by atoms with Crippen LogP contribution in [-0.2, 0) is 9.47 Å². The summed E-state index contributed by atoms with van der Waals surface area (Å²) in [6.07, 6.45) is 13.9. The molecule has 0 aromatic heterocycles. The van der Waals surface area contributed by atoms with E-state index in [9.17, 15) is 9.59 Å². The summed E-state index contributed by atoms with van der Waals surface area (Å²) in [4.78, 5) is 25.0. The molecule has 0 unspecified atom stereocenters. The Hall–Kier alpha value is -2.76. The summed E-state index contributed by atoms with van der Waals surface area (Å²) in [5.74, 6) is 0.0157. The fourth-order valence-electron chi connectivity index (χ4n) is 4.21. The van der Waals surface area contributed by atoms with Crippen LogP contribution in [0.4, 0.5) is 0 Å². The van der Waals surface area contributed by atoms with Crippen molar-refractivity contribution in [2.24, 2.45) is 0 Å². The molecule has 0 amide bonds. The van der Waals surface area contributed by atoms with Crippen LogP contribution in [0.1, 0.15) is 112 Å². The van der Waals surface area contributed by atoms with Crippen LogP contribution in [0.2, 0.25) is 0 Å².